The lowest BCUT2D eigenvalue weighted by Gasteiger charge is -2.24. The lowest BCUT2D eigenvalue weighted by atomic mass is 10.0. The van der Waals surface area contributed by atoms with Gasteiger partial charge in [-0.2, -0.15) is 0 Å². The van der Waals surface area contributed by atoms with E-state index < -0.39 is 54.5 Å². The minimum absolute atomic E-state index is 0.0401. The SMILES string of the molecule is NC(Cc1ccc(O)cc1)C(=O)NC(Cc1cnc[nH]1)C(=O)NC(CO)C(=O)NC(Cc1c[nH]c2ccccc12)C(=O)O. The van der Waals surface area contributed by atoms with Crippen molar-refractivity contribution in [2.24, 2.45) is 5.73 Å². The molecule has 0 saturated carbocycles. The van der Waals surface area contributed by atoms with Crippen molar-refractivity contribution < 1.29 is 34.5 Å². The van der Waals surface area contributed by atoms with Gasteiger partial charge in [0.1, 0.15) is 23.9 Å². The van der Waals surface area contributed by atoms with E-state index in [1.54, 1.807) is 18.3 Å². The third kappa shape index (κ3) is 8.18. The highest BCUT2D eigenvalue weighted by atomic mass is 16.4. The lowest BCUT2D eigenvalue weighted by molar-refractivity contribution is -0.142. The standard InChI is InChI=1S/C29H33N7O7/c30-21(9-16-5-7-19(38)8-6-16)26(39)34-23(11-18-13-31-15-33-18)27(40)36-25(14-37)28(41)35-24(29(42)43)10-17-12-32-22-4-2-1-3-20(17)22/h1-8,12-13,15,21,23-25,32,37-38H,9-11,14,30H2,(H,31,33)(H,34,39)(H,35,41)(H,36,40)(H,42,43). The van der Waals surface area contributed by atoms with Crippen LogP contribution in [0.25, 0.3) is 10.9 Å². The van der Waals surface area contributed by atoms with Gasteiger partial charge in [0.25, 0.3) is 0 Å². The number of carbonyl (C=O) groups is 4. The Morgan fingerprint density at radius 2 is 1.51 bits per heavy atom. The van der Waals surface area contributed by atoms with Gasteiger partial charge in [0, 0.05) is 41.8 Å². The number of rotatable bonds is 14. The summed E-state index contributed by atoms with van der Waals surface area (Å²) in [6, 6.07) is 8.33. The molecule has 226 valence electrons. The van der Waals surface area contributed by atoms with Crippen molar-refractivity contribution in [2.45, 2.75) is 43.4 Å². The van der Waals surface area contributed by atoms with Crippen molar-refractivity contribution in [3.63, 3.8) is 0 Å². The second-order valence-electron chi connectivity index (χ2n) is 10.0. The summed E-state index contributed by atoms with van der Waals surface area (Å²) < 4.78 is 0. The smallest absolute Gasteiger partial charge is 0.326 e. The van der Waals surface area contributed by atoms with Crippen LogP contribution >= 0.6 is 0 Å². The number of aliphatic carboxylic acids is 1. The highest BCUT2D eigenvalue weighted by Crippen LogP contribution is 2.19. The molecule has 2 aromatic heterocycles. The maximum absolute atomic E-state index is 13.3. The summed E-state index contributed by atoms with van der Waals surface area (Å²) in [6.07, 6.45) is 4.55. The Bertz CT molecular complexity index is 1550. The highest BCUT2D eigenvalue weighted by Gasteiger charge is 2.31. The van der Waals surface area contributed by atoms with E-state index >= 15 is 0 Å². The molecular formula is C29H33N7O7. The van der Waals surface area contributed by atoms with Crippen LogP contribution in [0.2, 0.25) is 0 Å². The van der Waals surface area contributed by atoms with Gasteiger partial charge in [-0.15, -0.1) is 0 Å². The minimum Gasteiger partial charge on any atom is -0.508 e. The molecule has 0 spiro atoms. The number of nitrogens with zero attached hydrogens (tertiary/aromatic N) is 1. The molecule has 4 aromatic rings. The number of carboxylic acids is 1. The predicted octanol–water partition coefficient (Wildman–Crippen LogP) is -0.517. The fourth-order valence-electron chi connectivity index (χ4n) is 4.54. The van der Waals surface area contributed by atoms with Crippen molar-refractivity contribution in [3.8, 4) is 5.75 Å². The number of phenolic OH excluding ortho intramolecular Hbond substituents is 1. The van der Waals surface area contributed by atoms with Crippen LogP contribution in [-0.2, 0) is 38.4 Å². The summed E-state index contributed by atoms with van der Waals surface area (Å²) >= 11 is 0. The Morgan fingerprint density at radius 3 is 2.19 bits per heavy atom. The zero-order valence-corrected chi connectivity index (χ0v) is 23.0. The molecule has 0 bridgehead atoms. The molecule has 3 amide bonds. The van der Waals surface area contributed by atoms with Gasteiger partial charge in [-0.25, -0.2) is 9.78 Å². The van der Waals surface area contributed by atoms with E-state index in [0.717, 1.165) is 10.9 Å². The van der Waals surface area contributed by atoms with Crippen LogP contribution in [0.4, 0.5) is 0 Å². The molecule has 2 aromatic carbocycles. The molecule has 14 heteroatoms. The number of phenols is 1. The summed E-state index contributed by atoms with van der Waals surface area (Å²) in [5.41, 5.74) is 8.73. The van der Waals surface area contributed by atoms with Crippen LogP contribution in [0.5, 0.6) is 5.75 Å². The summed E-state index contributed by atoms with van der Waals surface area (Å²) in [6.45, 7) is -0.831. The number of nitrogens with two attached hydrogens (primary N) is 1. The zero-order valence-electron chi connectivity index (χ0n) is 23.0. The Balaban J connectivity index is 1.42. The fraction of sp³-hybridized carbons (Fsp3) is 0.276. The van der Waals surface area contributed by atoms with Crippen LogP contribution in [0.1, 0.15) is 16.8 Å². The maximum Gasteiger partial charge on any atom is 0.326 e. The molecule has 4 atom stereocenters. The van der Waals surface area contributed by atoms with Gasteiger partial charge < -0.3 is 47.0 Å². The first-order valence-electron chi connectivity index (χ1n) is 13.4. The molecule has 0 radical (unpaired) electrons. The van der Waals surface area contributed by atoms with E-state index in [9.17, 15) is 34.5 Å². The lowest BCUT2D eigenvalue weighted by Crippen LogP contribution is -2.58. The number of fused-ring (bicyclic) bond motifs is 1. The summed E-state index contributed by atoms with van der Waals surface area (Å²) in [4.78, 5) is 61.0. The summed E-state index contributed by atoms with van der Waals surface area (Å²) in [5, 5.41) is 37.3. The van der Waals surface area contributed by atoms with Gasteiger partial charge >= 0.3 is 5.97 Å². The van der Waals surface area contributed by atoms with Crippen LogP contribution in [-0.4, -0.2) is 84.7 Å². The van der Waals surface area contributed by atoms with E-state index in [4.69, 9.17) is 5.73 Å². The van der Waals surface area contributed by atoms with Gasteiger partial charge in [-0.3, -0.25) is 14.4 Å². The molecular weight excluding hydrogens is 558 g/mol. The molecule has 10 N–H and O–H groups in total. The number of aliphatic hydroxyl groups is 1. The van der Waals surface area contributed by atoms with Crippen LogP contribution in [0, 0.1) is 0 Å². The second-order valence-corrected chi connectivity index (χ2v) is 10.0. The van der Waals surface area contributed by atoms with Crippen molar-refractivity contribution in [1.82, 2.24) is 30.9 Å². The van der Waals surface area contributed by atoms with Crippen molar-refractivity contribution in [2.75, 3.05) is 6.61 Å². The number of aromatic nitrogens is 3. The van der Waals surface area contributed by atoms with E-state index in [2.05, 4.69) is 30.9 Å². The number of imidazole rings is 1. The van der Waals surface area contributed by atoms with Crippen LogP contribution in [0.15, 0.2) is 67.3 Å². The minimum atomic E-state index is -1.51. The largest absolute Gasteiger partial charge is 0.508 e. The Labute approximate surface area is 245 Å². The summed E-state index contributed by atoms with van der Waals surface area (Å²) in [7, 11) is 0. The number of amides is 3. The first-order valence-corrected chi connectivity index (χ1v) is 13.4. The van der Waals surface area contributed by atoms with Crippen molar-refractivity contribution in [1.29, 1.82) is 0 Å². The van der Waals surface area contributed by atoms with Crippen LogP contribution < -0.4 is 21.7 Å². The monoisotopic (exact) mass is 591 g/mol. The molecule has 2 heterocycles. The number of carboxylic acid groups (broad SMARTS) is 1. The highest BCUT2D eigenvalue weighted by molar-refractivity contribution is 5.94. The Morgan fingerprint density at radius 1 is 0.837 bits per heavy atom. The predicted molar refractivity (Wildman–Crippen MR) is 155 cm³/mol. The number of hydrogen-bond donors (Lipinski definition) is 9. The second kappa shape index (κ2) is 14.1. The topological polar surface area (TPSA) is 236 Å². The molecule has 0 aliphatic carbocycles. The quantitative estimate of drug-likeness (QED) is 0.0916. The third-order valence-corrected chi connectivity index (χ3v) is 6.87. The van der Waals surface area contributed by atoms with Gasteiger partial charge in [0.15, 0.2) is 0 Å². The van der Waals surface area contributed by atoms with Gasteiger partial charge in [-0.1, -0.05) is 30.3 Å². The number of aromatic hydroxyl groups is 1. The molecule has 14 nitrogen and oxygen atoms in total. The number of nitrogens with one attached hydrogen (secondary N) is 5. The average Bonchev–Trinajstić information content (AvgIpc) is 3.66. The Hall–Kier alpha value is -5.21. The molecule has 0 saturated heterocycles. The van der Waals surface area contributed by atoms with Crippen molar-refractivity contribution >= 4 is 34.6 Å². The number of benzene rings is 2. The maximum atomic E-state index is 13.3. The molecule has 4 rings (SSSR count). The first-order chi connectivity index (χ1) is 20.6. The zero-order chi connectivity index (χ0) is 30.9. The molecule has 43 heavy (non-hydrogen) atoms. The fourth-order valence-corrected chi connectivity index (χ4v) is 4.54. The van der Waals surface area contributed by atoms with Gasteiger partial charge in [0.05, 0.1) is 19.0 Å². The normalized spacial score (nSPS) is 13.9. The van der Waals surface area contributed by atoms with E-state index in [1.165, 1.54) is 24.7 Å². The molecule has 0 fully saturated rings. The summed E-state index contributed by atoms with van der Waals surface area (Å²) in [5.74, 6) is -3.61. The number of hydrogen-bond acceptors (Lipinski definition) is 8. The number of para-hydroxylation sites is 1. The molecule has 0 aliphatic rings. The van der Waals surface area contributed by atoms with E-state index in [1.807, 2.05) is 24.3 Å². The van der Waals surface area contributed by atoms with E-state index in [-0.39, 0.29) is 25.0 Å². The van der Waals surface area contributed by atoms with Crippen LogP contribution in [0.3, 0.4) is 0 Å². The number of carbonyl (C=O) groups excluding carboxylic acids is 3. The number of H-pyrrole nitrogens is 2. The number of aromatic amines is 2. The van der Waals surface area contributed by atoms with Crippen molar-refractivity contribution in [3.05, 3.63) is 84.1 Å². The van der Waals surface area contributed by atoms with Gasteiger partial charge in [-0.05, 0) is 35.7 Å². The Kier molecular flexibility index (Phi) is 10.1. The molecule has 4 unspecified atom stereocenters. The first kappa shape index (κ1) is 30.7. The number of aliphatic hydroxyl groups excluding tert-OH is 1. The average molecular weight is 592 g/mol. The molecule has 0 aliphatic heterocycles. The third-order valence-electron chi connectivity index (χ3n) is 6.87. The van der Waals surface area contributed by atoms with E-state index in [0.29, 0.717) is 16.8 Å². The van der Waals surface area contributed by atoms with Gasteiger partial charge in [0.2, 0.25) is 17.7 Å².